The van der Waals surface area contributed by atoms with Crippen LogP contribution in [0.4, 0.5) is 0 Å². The van der Waals surface area contributed by atoms with Gasteiger partial charge in [0.2, 0.25) is 0 Å². The molecule has 0 bridgehead atoms. The molecule has 5 atom stereocenters. The molecule has 3 saturated carbocycles. The molecule has 0 aromatic heterocycles. The maximum absolute atomic E-state index is 2.82. The zero-order chi connectivity index (χ0) is 14.3. The first-order valence-corrected chi connectivity index (χ1v) is 9.04. The lowest BCUT2D eigenvalue weighted by Gasteiger charge is -2.37. The third-order valence-electron chi connectivity index (χ3n) is 8.35. The first-order valence-electron chi connectivity index (χ1n) is 9.04. The van der Waals surface area contributed by atoms with Crippen molar-refractivity contribution >= 4 is 0 Å². The summed E-state index contributed by atoms with van der Waals surface area (Å²) in [5.74, 6) is 3.73. The van der Waals surface area contributed by atoms with Gasteiger partial charge < -0.3 is 0 Å². The van der Waals surface area contributed by atoms with E-state index >= 15 is 0 Å². The number of fused-ring (bicyclic) bond motifs is 4. The van der Waals surface area contributed by atoms with E-state index in [1.165, 1.54) is 38.5 Å². The highest BCUT2D eigenvalue weighted by Crippen LogP contribution is 2.73. The Labute approximate surface area is 125 Å². The van der Waals surface area contributed by atoms with Crippen molar-refractivity contribution in [1.82, 2.24) is 0 Å². The van der Waals surface area contributed by atoms with Gasteiger partial charge in [0.05, 0.1) is 0 Å². The Morgan fingerprint density at radius 3 is 2.20 bits per heavy atom. The lowest BCUT2D eigenvalue weighted by atomic mass is 9.67. The molecule has 112 valence electrons. The molecule has 0 amide bonds. The standard InChI is InChI=1S/C20H32/c1-13-6-7-14(2)20(13)9-8-15-16(20)12-19(5)11-10-18(3,4)17(15)19/h12-15,17H,6-11H2,1-5H3/t13-,14-,15-,17-,19-/m1/s1. The lowest BCUT2D eigenvalue weighted by Crippen LogP contribution is -2.31. The molecule has 0 saturated heterocycles. The Morgan fingerprint density at radius 2 is 1.55 bits per heavy atom. The predicted octanol–water partition coefficient (Wildman–Crippen LogP) is 5.83. The zero-order valence-electron chi connectivity index (χ0n) is 14.1. The average molecular weight is 272 g/mol. The Morgan fingerprint density at radius 1 is 0.900 bits per heavy atom. The molecule has 0 radical (unpaired) electrons. The van der Waals surface area contributed by atoms with E-state index in [0.29, 0.717) is 16.2 Å². The van der Waals surface area contributed by atoms with Crippen molar-refractivity contribution in [2.24, 2.45) is 39.9 Å². The van der Waals surface area contributed by atoms with Crippen LogP contribution in [0.15, 0.2) is 11.6 Å². The maximum atomic E-state index is 2.82. The van der Waals surface area contributed by atoms with Gasteiger partial charge in [-0.2, -0.15) is 0 Å². The van der Waals surface area contributed by atoms with Crippen LogP contribution in [0.1, 0.15) is 73.1 Å². The van der Waals surface area contributed by atoms with Crippen LogP contribution >= 0.6 is 0 Å². The summed E-state index contributed by atoms with van der Waals surface area (Å²) in [6, 6.07) is 0. The van der Waals surface area contributed by atoms with Crippen LogP contribution in [0.25, 0.3) is 0 Å². The minimum Gasteiger partial charge on any atom is -0.0782 e. The van der Waals surface area contributed by atoms with Crippen molar-refractivity contribution in [3.05, 3.63) is 11.6 Å². The third-order valence-corrected chi connectivity index (χ3v) is 8.35. The maximum Gasteiger partial charge on any atom is -0.00336 e. The second-order valence-corrected chi connectivity index (χ2v) is 9.64. The Balaban J connectivity index is 1.81. The second-order valence-electron chi connectivity index (χ2n) is 9.64. The molecule has 0 aliphatic heterocycles. The second kappa shape index (κ2) is 3.73. The van der Waals surface area contributed by atoms with Crippen LogP contribution < -0.4 is 0 Å². The fourth-order valence-corrected chi connectivity index (χ4v) is 7.51. The fraction of sp³-hybridized carbons (Fsp3) is 0.900. The van der Waals surface area contributed by atoms with Crippen molar-refractivity contribution in [2.45, 2.75) is 73.1 Å². The van der Waals surface area contributed by atoms with E-state index in [1.807, 2.05) is 5.57 Å². The summed E-state index contributed by atoms with van der Waals surface area (Å²) >= 11 is 0. The predicted molar refractivity (Wildman–Crippen MR) is 85.4 cm³/mol. The summed E-state index contributed by atoms with van der Waals surface area (Å²) in [6.07, 6.45) is 11.6. The van der Waals surface area contributed by atoms with E-state index < -0.39 is 0 Å². The number of rotatable bonds is 0. The van der Waals surface area contributed by atoms with Crippen LogP contribution in [-0.4, -0.2) is 0 Å². The highest BCUT2D eigenvalue weighted by molar-refractivity contribution is 5.37. The van der Waals surface area contributed by atoms with Gasteiger partial charge in [-0.25, -0.2) is 0 Å². The highest BCUT2D eigenvalue weighted by Gasteiger charge is 2.64. The number of hydrogen-bond donors (Lipinski definition) is 0. The molecule has 0 aromatic carbocycles. The van der Waals surface area contributed by atoms with Crippen LogP contribution in [-0.2, 0) is 0 Å². The van der Waals surface area contributed by atoms with Crippen LogP contribution in [0, 0.1) is 39.9 Å². The minimum absolute atomic E-state index is 0.527. The van der Waals surface area contributed by atoms with Gasteiger partial charge in [0.15, 0.2) is 0 Å². The normalized spacial score (nSPS) is 51.4. The van der Waals surface area contributed by atoms with E-state index in [2.05, 4.69) is 40.7 Å². The van der Waals surface area contributed by atoms with E-state index in [0.717, 1.165) is 23.7 Å². The van der Waals surface area contributed by atoms with E-state index in [9.17, 15) is 0 Å². The third kappa shape index (κ3) is 1.35. The van der Waals surface area contributed by atoms with E-state index in [4.69, 9.17) is 0 Å². The van der Waals surface area contributed by atoms with Crippen LogP contribution in [0.5, 0.6) is 0 Å². The Bertz CT molecular complexity index is 458. The van der Waals surface area contributed by atoms with Crippen molar-refractivity contribution in [1.29, 1.82) is 0 Å². The fourth-order valence-electron chi connectivity index (χ4n) is 7.51. The molecular formula is C20H32. The summed E-state index contributed by atoms with van der Waals surface area (Å²) in [5.41, 5.74) is 3.64. The Hall–Kier alpha value is -0.260. The van der Waals surface area contributed by atoms with Gasteiger partial charge in [-0.05, 0) is 78.4 Å². The largest absolute Gasteiger partial charge is 0.0782 e. The summed E-state index contributed by atoms with van der Waals surface area (Å²) in [7, 11) is 0. The summed E-state index contributed by atoms with van der Waals surface area (Å²) < 4.78 is 0. The van der Waals surface area contributed by atoms with Crippen molar-refractivity contribution in [2.75, 3.05) is 0 Å². The lowest BCUT2D eigenvalue weighted by molar-refractivity contribution is 0.145. The molecule has 0 N–H and O–H groups in total. The molecule has 0 nitrogen and oxygen atoms in total. The zero-order valence-corrected chi connectivity index (χ0v) is 14.1. The van der Waals surface area contributed by atoms with Crippen LogP contribution in [0.2, 0.25) is 0 Å². The smallest absolute Gasteiger partial charge is 0.00336 e. The van der Waals surface area contributed by atoms with Gasteiger partial charge in [-0.1, -0.05) is 46.3 Å². The molecule has 0 heterocycles. The first kappa shape index (κ1) is 13.4. The topological polar surface area (TPSA) is 0 Å². The average Bonchev–Trinajstić information content (AvgIpc) is 3.00. The molecule has 4 rings (SSSR count). The summed E-state index contributed by atoms with van der Waals surface area (Å²) in [6.45, 7) is 12.8. The van der Waals surface area contributed by atoms with Crippen molar-refractivity contribution in [3.8, 4) is 0 Å². The molecule has 0 heteroatoms. The minimum atomic E-state index is 0.527. The van der Waals surface area contributed by atoms with Gasteiger partial charge in [0, 0.05) is 0 Å². The number of allylic oxidation sites excluding steroid dienone is 2. The van der Waals surface area contributed by atoms with Gasteiger partial charge in [-0.3, -0.25) is 0 Å². The molecule has 4 aliphatic rings. The summed E-state index contributed by atoms with van der Waals surface area (Å²) in [5, 5.41) is 0. The highest BCUT2D eigenvalue weighted by atomic mass is 14.7. The van der Waals surface area contributed by atoms with Crippen LogP contribution in [0.3, 0.4) is 0 Å². The number of hydrogen-bond acceptors (Lipinski definition) is 0. The Kier molecular flexibility index (Phi) is 2.50. The molecule has 0 aromatic rings. The molecule has 1 spiro atoms. The molecule has 3 fully saturated rings. The summed E-state index contributed by atoms with van der Waals surface area (Å²) in [4.78, 5) is 0. The first-order chi connectivity index (χ1) is 9.31. The molecule has 4 aliphatic carbocycles. The van der Waals surface area contributed by atoms with Crippen molar-refractivity contribution < 1.29 is 0 Å². The molecule has 20 heavy (non-hydrogen) atoms. The van der Waals surface area contributed by atoms with Gasteiger partial charge >= 0.3 is 0 Å². The quantitative estimate of drug-likeness (QED) is 0.487. The van der Waals surface area contributed by atoms with Gasteiger partial charge in [0.25, 0.3) is 0 Å². The van der Waals surface area contributed by atoms with E-state index in [-0.39, 0.29) is 0 Å². The van der Waals surface area contributed by atoms with Gasteiger partial charge in [0.1, 0.15) is 0 Å². The van der Waals surface area contributed by atoms with E-state index in [1.54, 1.807) is 0 Å². The van der Waals surface area contributed by atoms with Gasteiger partial charge in [-0.15, -0.1) is 0 Å². The molecule has 0 unspecified atom stereocenters. The van der Waals surface area contributed by atoms with Crippen molar-refractivity contribution in [3.63, 3.8) is 0 Å². The SMILES string of the molecule is C[C@@H]1CC[C@@H](C)C12CC[C@@H]1C2=C[C@@]2(C)CCC(C)(C)[C@@H]12. The molecular weight excluding hydrogens is 240 g/mol. The monoisotopic (exact) mass is 272 g/mol.